The van der Waals surface area contributed by atoms with Gasteiger partial charge in [-0.05, 0) is 31.3 Å². The number of nitrogens with two attached hydrogens (primary N) is 1. The number of nitrogens with one attached hydrogen (secondary N) is 2. The molecule has 0 heterocycles. The number of hydrogen-bond acceptors (Lipinski definition) is 3. The van der Waals surface area contributed by atoms with Crippen LogP contribution in [0, 0.1) is 0 Å². The monoisotopic (exact) mass is 205 g/mol. The number of hydrazine groups is 1. The van der Waals surface area contributed by atoms with E-state index in [4.69, 9.17) is 18.1 Å². The van der Waals surface area contributed by atoms with Crippen LogP contribution in [0.15, 0.2) is 0 Å². The van der Waals surface area contributed by atoms with Gasteiger partial charge in [0, 0.05) is 11.3 Å². The summed E-state index contributed by atoms with van der Waals surface area (Å²) in [6.45, 7) is 0.928. The molecular formula is C7H15N3S2. The molecule has 0 aromatic carbocycles. The predicted molar refractivity (Wildman–Crippen MR) is 58.0 cm³/mol. The molecule has 0 atom stereocenters. The lowest BCUT2D eigenvalue weighted by atomic mass is 9.84. The molecule has 12 heavy (non-hydrogen) atoms. The molecular weight excluding hydrogens is 190 g/mol. The van der Waals surface area contributed by atoms with Crippen molar-refractivity contribution in [1.82, 2.24) is 10.7 Å². The number of thiocarbonyl (C=S) groups is 1. The standard InChI is InChI=1S/C7H15N3S2/c1-12-7(3-2-4-7)5-9-6(11)10-8/h2-5,8H2,1H3,(H2,9,10,11). The van der Waals surface area contributed by atoms with Gasteiger partial charge < -0.3 is 10.7 Å². The molecule has 0 bridgehead atoms. The van der Waals surface area contributed by atoms with E-state index in [1.54, 1.807) is 0 Å². The normalized spacial score (nSPS) is 19.5. The Hall–Kier alpha value is -0.0000000000000000486. The van der Waals surface area contributed by atoms with Crippen LogP contribution in [0.1, 0.15) is 19.3 Å². The molecule has 1 aliphatic carbocycles. The van der Waals surface area contributed by atoms with Crippen molar-refractivity contribution in [2.75, 3.05) is 12.8 Å². The van der Waals surface area contributed by atoms with Gasteiger partial charge in [-0.3, -0.25) is 0 Å². The van der Waals surface area contributed by atoms with E-state index in [9.17, 15) is 0 Å². The number of rotatable bonds is 3. The minimum atomic E-state index is 0.418. The summed E-state index contributed by atoms with van der Waals surface area (Å²) in [7, 11) is 0. The Morgan fingerprint density at radius 3 is 2.67 bits per heavy atom. The zero-order chi connectivity index (χ0) is 9.03. The van der Waals surface area contributed by atoms with Crippen LogP contribution in [0.5, 0.6) is 0 Å². The summed E-state index contributed by atoms with van der Waals surface area (Å²) in [4.78, 5) is 0. The van der Waals surface area contributed by atoms with E-state index < -0.39 is 0 Å². The molecule has 0 unspecified atom stereocenters. The van der Waals surface area contributed by atoms with E-state index >= 15 is 0 Å². The summed E-state index contributed by atoms with van der Waals surface area (Å²) in [5.74, 6) is 5.14. The Bertz CT molecular complexity index is 163. The quantitative estimate of drug-likeness (QED) is 0.358. The van der Waals surface area contributed by atoms with E-state index in [0.717, 1.165) is 6.54 Å². The molecule has 0 aliphatic heterocycles. The van der Waals surface area contributed by atoms with Gasteiger partial charge in [0.05, 0.1) is 0 Å². The van der Waals surface area contributed by atoms with Crippen LogP contribution in [-0.4, -0.2) is 22.7 Å². The van der Waals surface area contributed by atoms with Crippen molar-refractivity contribution in [2.45, 2.75) is 24.0 Å². The summed E-state index contributed by atoms with van der Waals surface area (Å²) >= 11 is 6.81. The van der Waals surface area contributed by atoms with Gasteiger partial charge in [0.25, 0.3) is 0 Å². The predicted octanol–water partition coefficient (Wildman–Crippen LogP) is 0.610. The van der Waals surface area contributed by atoms with Gasteiger partial charge in [-0.25, -0.2) is 5.84 Å². The van der Waals surface area contributed by atoms with Gasteiger partial charge in [0.15, 0.2) is 5.11 Å². The van der Waals surface area contributed by atoms with Crippen LogP contribution in [0.25, 0.3) is 0 Å². The number of hydrogen-bond donors (Lipinski definition) is 3. The smallest absolute Gasteiger partial charge is 0.180 e. The molecule has 1 rings (SSSR count). The molecule has 1 saturated carbocycles. The minimum absolute atomic E-state index is 0.418. The van der Waals surface area contributed by atoms with Crippen LogP contribution >= 0.6 is 24.0 Å². The van der Waals surface area contributed by atoms with Gasteiger partial charge in [-0.15, -0.1) is 0 Å². The lowest BCUT2D eigenvalue weighted by Gasteiger charge is -2.40. The Balaban J connectivity index is 2.24. The molecule has 0 radical (unpaired) electrons. The molecule has 70 valence electrons. The highest BCUT2D eigenvalue weighted by molar-refractivity contribution is 8.00. The van der Waals surface area contributed by atoms with Gasteiger partial charge in [-0.2, -0.15) is 11.8 Å². The van der Waals surface area contributed by atoms with Gasteiger partial charge >= 0.3 is 0 Å². The first-order valence-electron chi connectivity index (χ1n) is 4.02. The lowest BCUT2D eigenvalue weighted by Crippen LogP contribution is -2.49. The van der Waals surface area contributed by atoms with Gasteiger partial charge in [0.2, 0.25) is 0 Å². The molecule has 0 spiro atoms. The zero-order valence-corrected chi connectivity index (χ0v) is 8.86. The third-order valence-electron chi connectivity index (χ3n) is 2.40. The average Bonchev–Trinajstić information content (AvgIpc) is 2.03. The second-order valence-electron chi connectivity index (χ2n) is 3.07. The minimum Gasteiger partial charge on any atom is -0.360 e. The van der Waals surface area contributed by atoms with Crippen molar-refractivity contribution in [3.05, 3.63) is 0 Å². The molecule has 4 N–H and O–H groups in total. The first kappa shape index (κ1) is 10.1. The first-order chi connectivity index (χ1) is 5.72. The maximum Gasteiger partial charge on any atom is 0.180 e. The topological polar surface area (TPSA) is 50.1 Å². The van der Waals surface area contributed by atoms with E-state index in [0.29, 0.717) is 9.86 Å². The van der Waals surface area contributed by atoms with Crippen LogP contribution in [0.2, 0.25) is 0 Å². The maximum atomic E-state index is 5.14. The summed E-state index contributed by atoms with van der Waals surface area (Å²) in [5.41, 5.74) is 2.42. The fourth-order valence-electron chi connectivity index (χ4n) is 1.32. The van der Waals surface area contributed by atoms with Crippen molar-refractivity contribution < 1.29 is 0 Å². The summed E-state index contributed by atoms with van der Waals surface area (Å²) in [6, 6.07) is 0. The van der Waals surface area contributed by atoms with Gasteiger partial charge in [0.1, 0.15) is 0 Å². The fraction of sp³-hybridized carbons (Fsp3) is 0.857. The number of thioether (sulfide) groups is 1. The Labute approximate surface area is 82.8 Å². The zero-order valence-electron chi connectivity index (χ0n) is 7.22. The molecule has 0 saturated heterocycles. The van der Waals surface area contributed by atoms with Crippen molar-refractivity contribution >= 4 is 29.1 Å². The Morgan fingerprint density at radius 2 is 2.33 bits per heavy atom. The average molecular weight is 205 g/mol. The summed E-state index contributed by atoms with van der Waals surface area (Å²) in [5, 5.41) is 3.64. The van der Waals surface area contributed by atoms with E-state index in [1.165, 1.54) is 19.3 Å². The highest BCUT2D eigenvalue weighted by Gasteiger charge is 2.35. The summed E-state index contributed by atoms with van der Waals surface area (Å²) in [6.07, 6.45) is 6.06. The SMILES string of the molecule is CSC1(CNC(=S)NN)CCC1. The van der Waals surface area contributed by atoms with Crippen molar-refractivity contribution in [2.24, 2.45) is 5.84 Å². The highest BCUT2D eigenvalue weighted by atomic mass is 32.2. The van der Waals surface area contributed by atoms with Crippen LogP contribution in [0.3, 0.4) is 0 Å². The van der Waals surface area contributed by atoms with Crippen molar-refractivity contribution in [3.8, 4) is 0 Å². The van der Waals surface area contributed by atoms with Crippen molar-refractivity contribution in [1.29, 1.82) is 0 Å². The molecule has 5 heteroatoms. The third-order valence-corrected chi connectivity index (χ3v) is 4.08. The van der Waals surface area contributed by atoms with Crippen LogP contribution < -0.4 is 16.6 Å². The molecule has 1 fully saturated rings. The lowest BCUT2D eigenvalue weighted by molar-refractivity contribution is 0.361. The second kappa shape index (κ2) is 4.30. The first-order valence-corrected chi connectivity index (χ1v) is 5.65. The second-order valence-corrected chi connectivity index (χ2v) is 4.75. The molecule has 0 amide bonds. The molecule has 0 aromatic heterocycles. The Kier molecular flexibility index (Phi) is 3.61. The van der Waals surface area contributed by atoms with Crippen LogP contribution in [0.4, 0.5) is 0 Å². The summed E-state index contributed by atoms with van der Waals surface area (Å²) < 4.78 is 0.418. The fourth-order valence-corrected chi connectivity index (χ4v) is 2.30. The largest absolute Gasteiger partial charge is 0.360 e. The van der Waals surface area contributed by atoms with Crippen molar-refractivity contribution in [3.63, 3.8) is 0 Å². The molecule has 0 aromatic rings. The molecule has 1 aliphatic rings. The van der Waals surface area contributed by atoms with Gasteiger partial charge in [-0.1, -0.05) is 6.42 Å². The Morgan fingerprint density at radius 1 is 1.67 bits per heavy atom. The van der Waals surface area contributed by atoms with E-state index in [1.807, 2.05) is 11.8 Å². The van der Waals surface area contributed by atoms with E-state index in [2.05, 4.69) is 17.0 Å². The third kappa shape index (κ3) is 2.24. The highest BCUT2D eigenvalue weighted by Crippen LogP contribution is 2.41. The molecule has 3 nitrogen and oxygen atoms in total. The van der Waals surface area contributed by atoms with E-state index in [-0.39, 0.29) is 0 Å². The maximum absolute atomic E-state index is 5.14. The van der Waals surface area contributed by atoms with Crippen LogP contribution in [-0.2, 0) is 0 Å².